The Bertz CT molecular complexity index is 302. The van der Waals surface area contributed by atoms with E-state index < -0.39 is 11.9 Å². The summed E-state index contributed by atoms with van der Waals surface area (Å²) in [5.74, 6) is -1.26. The van der Waals surface area contributed by atoms with Gasteiger partial charge in [-0.3, -0.25) is 0 Å². The lowest BCUT2D eigenvalue weighted by Crippen LogP contribution is -2.41. The van der Waals surface area contributed by atoms with Crippen LogP contribution in [0.25, 0.3) is 0 Å². The molecule has 0 aliphatic carbocycles. The summed E-state index contributed by atoms with van der Waals surface area (Å²) in [6.45, 7) is 7.03. The number of esters is 2. The van der Waals surface area contributed by atoms with Gasteiger partial charge in [0.2, 0.25) is 0 Å². The first-order chi connectivity index (χ1) is 8.69. The Balaban J connectivity index is 2.77. The minimum Gasteiger partial charge on any atom is -0.462 e. The monoisotopic (exact) mass is 256 g/mol. The molecule has 0 atom stereocenters. The van der Waals surface area contributed by atoms with Crippen molar-refractivity contribution >= 4 is 11.9 Å². The molecule has 102 valence electrons. The summed E-state index contributed by atoms with van der Waals surface area (Å²) in [6.07, 6.45) is 1.54. The van der Waals surface area contributed by atoms with Crippen molar-refractivity contribution in [2.24, 2.45) is 0 Å². The van der Waals surface area contributed by atoms with E-state index in [0.29, 0.717) is 0 Å². The first kappa shape index (κ1) is 14.5. The fourth-order valence-corrected chi connectivity index (χ4v) is 1.60. The van der Waals surface area contributed by atoms with Gasteiger partial charge in [-0.15, -0.1) is 0 Å². The highest BCUT2D eigenvalue weighted by molar-refractivity contribution is 6.13. The molecule has 6 nitrogen and oxygen atoms in total. The normalized spacial score (nSPS) is 14.9. The van der Waals surface area contributed by atoms with Crippen molar-refractivity contribution in [2.45, 2.75) is 13.8 Å². The largest absolute Gasteiger partial charge is 0.462 e. The summed E-state index contributed by atoms with van der Waals surface area (Å²) in [6, 6.07) is 0. The standard InChI is InChI=1S/C12H20N2O4/c1-3-17-11(15)10(12(16)18-4-2)9-14-7-5-13-6-8-14/h9,13H,3-8H2,1-2H3. The highest BCUT2D eigenvalue weighted by Gasteiger charge is 2.22. The Labute approximate surface area is 107 Å². The van der Waals surface area contributed by atoms with Crippen LogP contribution in [0.5, 0.6) is 0 Å². The van der Waals surface area contributed by atoms with Crippen molar-refractivity contribution in [3.05, 3.63) is 11.8 Å². The molecule has 1 saturated heterocycles. The maximum Gasteiger partial charge on any atom is 0.347 e. The lowest BCUT2D eigenvalue weighted by molar-refractivity contribution is -0.146. The molecule has 0 aromatic carbocycles. The minimum atomic E-state index is -0.630. The van der Waals surface area contributed by atoms with E-state index in [0.717, 1.165) is 26.2 Å². The number of carbonyl (C=O) groups excluding carboxylic acids is 2. The summed E-state index contributed by atoms with van der Waals surface area (Å²) in [4.78, 5) is 25.3. The van der Waals surface area contributed by atoms with Crippen LogP contribution in [0.15, 0.2) is 11.8 Å². The molecule has 1 heterocycles. The highest BCUT2D eigenvalue weighted by Crippen LogP contribution is 2.06. The zero-order valence-electron chi connectivity index (χ0n) is 10.9. The van der Waals surface area contributed by atoms with Gasteiger partial charge in [-0.1, -0.05) is 0 Å². The summed E-state index contributed by atoms with van der Waals surface area (Å²) >= 11 is 0. The van der Waals surface area contributed by atoms with E-state index in [9.17, 15) is 9.59 Å². The Morgan fingerprint density at radius 3 is 2.06 bits per heavy atom. The van der Waals surface area contributed by atoms with E-state index in [4.69, 9.17) is 9.47 Å². The van der Waals surface area contributed by atoms with Crippen molar-refractivity contribution in [1.82, 2.24) is 10.2 Å². The van der Waals surface area contributed by atoms with E-state index in [1.54, 1.807) is 13.8 Å². The summed E-state index contributed by atoms with van der Waals surface area (Å²) < 4.78 is 9.73. The Morgan fingerprint density at radius 1 is 1.11 bits per heavy atom. The van der Waals surface area contributed by atoms with Crippen LogP contribution in [-0.4, -0.2) is 56.2 Å². The number of nitrogens with one attached hydrogen (secondary N) is 1. The zero-order chi connectivity index (χ0) is 13.4. The third-order valence-corrected chi connectivity index (χ3v) is 2.45. The topological polar surface area (TPSA) is 67.9 Å². The minimum absolute atomic E-state index is 0.0411. The fourth-order valence-electron chi connectivity index (χ4n) is 1.60. The Kier molecular flexibility index (Phi) is 6.21. The number of hydrogen-bond acceptors (Lipinski definition) is 6. The van der Waals surface area contributed by atoms with E-state index in [1.807, 2.05) is 4.90 Å². The SMILES string of the molecule is CCOC(=O)C(=CN1CCNCC1)C(=O)OCC. The molecule has 1 aliphatic heterocycles. The molecule has 0 radical (unpaired) electrons. The average Bonchev–Trinajstić information content (AvgIpc) is 2.37. The van der Waals surface area contributed by atoms with Crippen LogP contribution < -0.4 is 5.32 Å². The molecule has 0 saturated carbocycles. The molecular weight excluding hydrogens is 236 g/mol. The van der Waals surface area contributed by atoms with Gasteiger partial charge >= 0.3 is 11.9 Å². The molecule has 0 amide bonds. The number of hydrogen-bond donors (Lipinski definition) is 1. The van der Waals surface area contributed by atoms with Gasteiger partial charge in [0.1, 0.15) is 0 Å². The molecule has 1 N–H and O–H groups in total. The quantitative estimate of drug-likeness (QED) is 0.321. The zero-order valence-corrected chi connectivity index (χ0v) is 10.9. The van der Waals surface area contributed by atoms with Crippen LogP contribution in [0.2, 0.25) is 0 Å². The van der Waals surface area contributed by atoms with E-state index in [2.05, 4.69) is 5.32 Å². The number of piperazine rings is 1. The Hall–Kier alpha value is -1.56. The molecule has 1 aliphatic rings. The first-order valence-corrected chi connectivity index (χ1v) is 6.19. The first-order valence-electron chi connectivity index (χ1n) is 6.19. The maximum atomic E-state index is 11.7. The average molecular weight is 256 g/mol. The number of ether oxygens (including phenoxy) is 2. The maximum absolute atomic E-state index is 11.7. The molecule has 0 aromatic rings. The molecule has 1 rings (SSSR count). The van der Waals surface area contributed by atoms with Crippen molar-refractivity contribution in [2.75, 3.05) is 39.4 Å². The molecule has 0 bridgehead atoms. The summed E-state index contributed by atoms with van der Waals surface area (Å²) in [5, 5.41) is 3.19. The van der Waals surface area contributed by atoms with Crippen LogP contribution in [0, 0.1) is 0 Å². The number of carbonyl (C=O) groups is 2. The van der Waals surface area contributed by atoms with Gasteiger partial charge in [-0.25, -0.2) is 9.59 Å². The molecular formula is C12H20N2O4. The van der Waals surface area contributed by atoms with E-state index in [1.165, 1.54) is 6.20 Å². The van der Waals surface area contributed by atoms with Crippen molar-refractivity contribution in [3.63, 3.8) is 0 Å². The molecule has 1 fully saturated rings. The van der Waals surface area contributed by atoms with Crippen molar-refractivity contribution in [1.29, 1.82) is 0 Å². The van der Waals surface area contributed by atoms with Crippen LogP contribution in [0.4, 0.5) is 0 Å². The van der Waals surface area contributed by atoms with Gasteiger partial charge in [0.25, 0.3) is 0 Å². The van der Waals surface area contributed by atoms with Gasteiger partial charge in [0.05, 0.1) is 13.2 Å². The van der Waals surface area contributed by atoms with Gasteiger partial charge in [-0.2, -0.15) is 0 Å². The van der Waals surface area contributed by atoms with Crippen LogP contribution >= 0.6 is 0 Å². The lowest BCUT2D eigenvalue weighted by atomic mass is 10.2. The lowest BCUT2D eigenvalue weighted by Gasteiger charge is -2.26. The smallest absolute Gasteiger partial charge is 0.347 e. The van der Waals surface area contributed by atoms with Crippen LogP contribution in [0.1, 0.15) is 13.8 Å². The van der Waals surface area contributed by atoms with Crippen molar-refractivity contribution in [3.8, 4) is 0 Å². The highest BCUT2D eigenvalue weighted by atomic mass is 16.6. The van der Waals surface area contributed by atoms with E-state index >= 15 is 0 Å². The third kappa shape index (κ3) is 4.37. The second-order valence-electron chi connectivity index (χ2n) is 3.77. The van der Waals surface area contributed by atoms with Crippen LogP contribution in [-0.2, 0) is 19.1 Å². The summed E-state index contributed by atoms with van der Waals surface area (Å²) in [5.41, 5.74) is -0.0411. The molecule has 0 spiro atoms. The van der Waals surface area contributed by atoms with Gasteiger partial charge in [0.15, 0.2) is 5.57 Å². The predicted molar refractivity (Wildman–Crippen MR) is 65.8 cm³/mol. The molecule has 0 aromatic heterocycles. The number of nitrogens with zero attached hydrogens (tertiary/aromatic N) is 1. The second-order valence-corrected chi connectivity index (χ2v) is 3.77. The predicted octanol–water partition coefficient (Wildman–Crippen LogP) is -0.0983. The Morgan fingerprint density at radius 2 is 1.61 bits per heavy atom. The number of rotatable bonds is 5. The third-order valence-electron chi connectivity index (χ3n) is 2.45. The summed E-state index contributed by atoms with van der Waals surface area (Å²) in [7, 11) is 0. The van der Waals surface area contributed by atoms with Gasteiger partial charge in [-0.05, 0) is 13.8 Å². The van der Waals surface area contributed by atoms with E-state index in [-0.39, 0.29) is 18.8 Å². The second kappa shape index (κ2) is 7.71. The molecule has 6 heteroatoms. The van der Waals surface area contributed by atoms with Crippen molar-refractivity contribution < 1.29 is 19.1 Å². The fraction of sp³-hybridized carbons (Fsp3) is 0.667. The van der Waals surface area contributed by atoms with Gasteiger partial charge < -0.3 is 19.7 Å². The molecule has 0 unspecified atom stereocenters. The van der Waals surface area contributed by atoms with Crippen LogP contribution in [0.3, 0.4) is 0 Å². The van der Waals surface area contributed by atoms with Gasteiger partial charge in [0, 0.05) is 32.4 Å². The molecule has 18 heavy (non-hydrogen) atoms.